The van der Waals surface area contributed by atoms with Crippen molar-refractivity contribution in [3.63, 3.8) is 0 Å². The van der Waals surface area contributed by atoms with Gasteiger partial charge in [-0.1, -0.05) is 30.3 Å². The lowest BCUT2D eigenvalue weighted by Gasteiger charge is -2.07. The number of nitrogens with zero attached hydrogens (tertiary/aromatic N) is 1. The van der Waals surface area contributed by atoms with Crippen molar-refractivity contribution in [3.05, 3.63) is 59.4 Å². The summed E-state index contributed by atoms with van der Waals surface area (Å²) in [5.41, 5.74) is 3.06. The van der Waals surface area contributed by atoms with Gasteiger partial charge in [-0.05, 0) is 31.0 Å². The number of hydrogen-bond acceptors (Lipinski definition) is 3. The van der Waals surface area contributed by atoms with Crippen LogP contribution in [0.4, 0.5) is 0 Å². The lowest BCUT2D eigenvalue weighted by Crippen LogP contribution is -2.18. The minimum atomic E-state index is 0.273. The minimum Gasteiger partial charge on any atom is -0.506 e. The molecule has 0 saturated heterocycles. The molecular weight excluding hydrogens is 236 g/mol. The molecule has 1 aliphatic carbocycles. The third-order valence-electron chi connectivity index (χ3n) is 3.64. The highest BCUT2D eigenvalue weighted by molar-refractivity contribution is 5.30. The van der Waals surface area contributed by atoms with Crippen LogP contribution in [0.1, 0.15) is 29.3 Å². The second-order valence-electron chi connectivity index (χ2n) is 5.16. The lowest BCUT2D eigenvalue weighted by molar-refractivity contribution is 0.458. The van der Waals surface area contributed by atoms with Gasteiger partial charge in [0.15, 0.2) is 0 Å². The van der Waals surface area contributed by atoms with Gasteiger partial charge in [0.05, 0.1) is 5.69 Å². The average Bonchev–Trinajstić information content (AvgIpc) is 3.20. The topological polar surface area (TPSA) is 45.1 Å². The predicted molar refractivity (Wildman–Crippen MR) is 75.1 cm³/mol. The van der Waals surface area contributed by atoms with Crippen LogP contribution < -0.4 is 5.32 Å². The largest absolute Gasteiger partial charge is 0.506 e. The van der Waals surface area contributed by atoms with Crippen LogP contribution in [0.5, 0.6) is 5.75 Å². The molecular formula is C16H18N2O. The van der Waals surface area contributed by atoms with Crippen molar-refractivity contribution in [3.8, 4) is 5.75 Å². The van der Waals surface area contributed by atoms with Crippen LogP contribution in [0.15, 0.2) is 42.5 Å². The fraction of sp³-hybridized carbons (Fsp3) is 0.312. The molecule has 0 amide bonds. The van der Waals surface area contributed by atoms with Crippen molar-refractivity contribution in [2.75, 3.05) is 0 Å². The molecule has 3 nitrogen and oxygen atoms in total. The molecule has 98 valence electrons. The van der Waals surface area contributed by atoms with Crippen molar-refractivity contribution in [2.24, 2.45) is 0 Å². The van der Waals surface area contributed by atoms with E-state index in [9.17, 15) is 5.11 Å². The fourth-order valence-electron chi connectivity index (χ4n) is 2.45. The number of aryl methyl sites for hydroxylation is 1. The standard InChI is InChI=1S/C16H18N2O/c1-11-7-8-16(19)15(18-11)10-17-14-9-13(14)12-5-3-2-4-6-12/h2-8,13-14,17,19H,9-10H2,1H3. The normalized spacial score (nSPS) is 21.3. The van der Waals surface area contributed by atoms with Crippen molar-refractivity contribution in [1.82, 2.24) is 10.3 Å². The maximum Gasteiger partial charge on any atom is 0.138 e. The maximum absolute atomic E-state index is 9.75. The molecule has 3 heteroatoms. The van der Waals surface area contributed by atoms with E-state index >= 15 is 0 Å². The first-order valence-corrected chi connectivity index (χ1v) is 6.68. The van der Waals surface area contributed by atoms with Crippen LogP contribution in [0.25, 0.3) is 0 Å². The van der Waals surface area contributed by atoms with E-state index in [2.05, 4.69) is 34.6 Å². The molecule has 1 heterocycles. The summed E-state index contributed by atoms with van der Waals surface area (Å²) in [5, 5.41) is 13.2. The van der Waals surface area contributed by atoms with Crippen LogP contribution in [0, 0.1) is 6.92 Å². The highest BCUT2D eigenvalue weighted by atomic mass is 16.3. The number of benzene rings is 1. The Morgan fingerprint density at radius 1 is 1.21 bits per heavy atom. The van der Waals surface area contributed by atoms with E-state index in [1.54, 1.807) is 6.07 Å². The van der Waals surface area contributed by atoms with Crippen molar-refractivity contribution in [2.45, 2.75) is 31.8 Å². The Labute approximate surface area is 113 Å². The highest BCUT2D eigenvalue weighted by Gasteiger charge is 2.37. The molecule has 2 atom stereocenters. The third kappa shape index (κ3) is 2.76. The minimum absolute atomic E-state index is 0.273. The zero-order chi connectivity index (χ0) is 13.2. The quantitative estimate of drug-likeness (QED) is 0.881. The van der Waals surface area contributed by atoms with E-state index in [-0.39, 0.29) is 5.75 Å². The predicted octanol–water partition coefficient (Wildman–Crippen LogP) is 2.74. The zero-order valence-electron chi connectivity index (χ0n) is 11.0. The Morgan fingerprint density at radius 2 is 2.00 bits per heavy atom. The summed E-state index contributed by atoms with van der Waals surface area (Å²) in [6.45, 7) is 2.56. The third-order valence-corrected chi connectivity index (χ3v) is 3.64. The SMILES string of the molecule is Cc1ccc(O)c(CNC2CC2c2ccccc2)n1. The molecule has 1 saturated carbocycles. The smallest absolute Gasteiger partial charge is 0.138 e. The average molecular weight is 254 g/mol. The van der Waals surface area contributed by atoms with E-state index < -0.39 is 0 Å². The Morgan fingerprint density at radius 3 is 2.79 bits per heavy atom. The van der Waals surface area contributed by atoms with Crippen LogP contribution in [0.3, 0.4) is 0 Å². The van der Waals surface area contributed by atoms with E-state index in [0.29, 0.717) is 18.5 Å². The van der Waals surface area contributed by atoms with Gasteiger partial charge in [0.1, 0.15) is 5.75 Å². The van der Waals surface area contributed by atoms with Gasteiger partial charge in [-0.3, -0.25) is 4.98 Å². The lowest BCUT2D eigenvalue weighted by atomic mass is 10.1. The van der Waals surface area contributed by atoms with Crippen LogP contribution in [-0.2, 0) is 6.54 Å². The first kappa shape index (κ1) is 12.2. The first-order chi connectivity index (χ1) is 9.24. The molecule has 0 radical (unpaired) electrons. The number of nitrogens with one attached hydrogen (secondary N) is 1. The molecule has 19 heavy (non-hydrogen) atoms. The molecule has 1 aromatic heterocycles. The van der Waals surface area contributed by atoms with Crippen LogP contribution >= 0.6 is 0 Å². The van der Waals surface area contributed by atoms with Gasteiger partial charge in [-0.2, -0.15) is 0 Å². The maximum atomic E-state index is 9.75. The Balaban J connectivity index is 1.59. The van der Waals surface area contributed by atoms with Gasteiger partial charge in [0.2, 0.25) is 0 Å². The second kappa shape index (κ2) is 5.02. The van der Waals surface area contributed by atoms with Gasteiger partial charge in [0.25, 0.3) is 0 Å². The summed E-state index contributed by atoms with van der Waals surface area (Å²) < 4.78 is 0. The summed E-state index contributed by atoms with van der Waals surface area (Å²) in [6.07, 6.45) is 1.16. The molecule has 2 aromatic rings. The van der Waals surface area contributed by atoms with E-state index in [1.165, 1.54) is 5.56 Å². The van der Waals surface area contributed by atoms with E-state index in [1.807, 2.05) is 19.1 Å². The number of hydrogen-bond donors (Lipinski definition) is 2. The molecule has 2 unspecified atom stereocenters. The van der Waals surface area contributed by atoms with Crippen LogP contribution in [0.2, 0.25) is 0 Å². The molecule has 1 aliphatic rings. The monoisotopic (exact) mass is 254 g/mol. The summed E-state index contributed by atoms with van der Waals surface area (Å²) in [4.78, 5) is 4.36. The number of rotatable bonds is 4. The summed E-state index contributed by atoms with van der Waals surface area (Å²) >= 11 is 0. The summed E-state index contributed by atoms with van der Waals surface area (Å²) in [6, 6.07) is 14.6. The Hall–Kier alpha value is -1.87. The van der Waals surface area contributed by atoms with Crippen molar-refractivity contribution < 1.29 is 5.11 Å². The Bertz CT molecular complexity index is 568. The van der Waals surface area contributed by atoms with Crippen molar-refractivity contribution in [1.29, 1.82) is 0 Å². The van der Waals surface area contributed by atoms with Gasteiger partial charge in [-0.15, -0.1) is 0 Å². The highest BCUT2D eigenvalue weighted by Crippen LogP contribution is 2.40. The van der Waals surface area contributed by atoms with Crippen molar-refractivity contribution >= 4 is 0 Å². The fourth-order valence-corrected chi connectivity index (χ4v) is 2.45. The molecule has 1 fully saturated rings. The molecule has 1 aromatic carbocycles. The number of pyridine rings is 1. The zero-order valence-corrected chi connectivity index (χ0v) is 11.0. The molecule has 0 bridgehead atoms. The van der Waals surface area contributed by atoms with Gasteiger partial charge in [0, 0.05) is 24.2 Å². The Kier molecular flexibility index (Phi) is 3.22. The van der Waals surface area contributed by atoms with E-state index in [4.69, 9.17) is 0 Å². The van der Waals surface area contributed by atoms with Gasteiger partial charge >= 0.3 is 0 Å². The first-order valence-electron chi connectivity index (χ1n) is 6.68. The van der Waals surface area contributed by atoms with Gasteiger partial charge < -0.3 is 10.4 Å². The summed E-state index contributed by atoms with van der Waals surface area (Å²) in [7, 11) is 0. The number of aromatic nitrogens is 1. The summed E-state index contributed by atoms with van der Waals surface area (Å²) in [5.74, 6) is 0.878. The molecule has 0 aliphatic heterocycles. The molecule has 3 rings (SSSR count). The van der Waals surface area contributed by atoms with Crippen LogP contribution in [-0.4, -0.2) is 16.1 Å². The second-order valence-corrected chi connectivity index (χ2v) is 5.16. The number of aromatic hydroxyl groups is 1. The molecule has 0 spiro atoms. The molecule has 2 N–H and O–H groups in total. The van der Waals surface area contributed by atoms with Gasteiger partial charge in [-0.25, -0.2) is 0 Å². The van der Waals surface area contributed by atoms with E-state index in [0.717, 1.165) is 17.8 Å².